The predicted octanol–water partition coefficient (Wildman–Crippen LogP) is 2.15. The quantitative estimate of drug-likeness (QED) is 0.622. The van der Waals surface area contributed by atoms with Gasteiger partial charge in [-0.25, -0.2) is 4.39 Å². The second-order valence-electron chi connectivity index (χ2n) is 4.33. The summed E-state index contributed by atoms with van der Waals surface area (Å²) < 4.78 is 13.0. The number of hydrogen-bond donors (Lipinski definition) is 2. The van der Waals surface area contributed by atoms with Gasteiger partial charge in [0.2, 0.25) is 0 Å². The highest BCUT2D eigenvalue weighted by Crippen LogP contribution is 2.02. The van der Waals surface area contributed by atoms with Gasteiger partial charge in [0, 0.05) is 20.1 Å². The Morgan fingerprint density at radius 3 is 2.71 bits per heavy atom. The number of guanidine groups is 1. The maximum atomic E-state index is 13.0. The van der Waals surface area contributed by atoms with Crippen LogP contribution >= 0.6 is 0 Å². The van der Waals surface area contributed by atoms with Crippen molar-refractivity contribution >= 4 is 5.96 Å². The lowest BCUT2D eigenvalue weighted by Crippen LogP contribution is -2.38. The standard InChI is InChI=1S/C13H20FN3/c1-10(2)8-16-13(15-3)17-9-11-5-4-6-12(14)7-11/h4-7,10H,8-9H2,1-3H3,(H2,15,16,17). The average molecular weight is 237 g/mol. The van der Waals surface area contributed by atoms with Crippen LogP contribution in [0.2, 0.25) is 0 Å². The molecule has 0 atom stereocenters. The molecule has 0 fully saturated rings. The van der Waals surface area contributed by atoms with E-state index in [1.165, 1.54) is 12.1 Å². The van der Waals surface area contributed by atoms with Crippen molar-refractivity contribution < 1.29 is 4.39 Å². The topological polar surface area (TPSA) is 36.4 Å². The SMILES string of the molecule is CN=C(NCc1cccc(F)c1)NCC(C)C. The summed E-state index contributed by atoms with van der Waals surface area (Å²) in [5.74, 6) is 1.08. The maximum Gasteiger partial charge on any atom is 0.191 e. The number of hydrogen-bond acceptors (Lipinski definition) is 1. The second-order valence-corrected chi connectivity index (χ2v) is 4.33. The molecule has 0 aliphatic rings. The Hall–Kier alpha value is -1.58. The van der Waals surface area contributed by atoms with Gasteiger partial charge in [0.25, 0.3) is 0 Å². The molecule has 0 radical (unpaired) electrons. The third kappa shape index (κ3) is 5.33. The van der Waals surface area contributed by atoms with E-state index in [-0.39, 0.29) is 5.82 Å². The minimum Gasteiger partial charge on any atom is -0.356 e. The van der Waals surface area contributed by atoms with Crippen molar-refractivity contribution in [3.63, 3.8) is 0 Å². The highest BCUT2D eigenvalue weighted by Gasteiger charge is 2.00. The van der Waals surface area contributed by atoms with Crippen LogP contribution < -0.4 is 10.6 Å². The average Bonchev–Trinajstić information content (AvgIpc) is 2.29. The molecule has 0 bridgehead atoms. The van der Waals surface area contributed by atoms with Gasteiger partial charge < -0.3 is 10.6 Å². The van der Waals surface area contributed by atoms with Crippen LogP contribution in [0, 0.1) is 11.7 Å². The van der Waals surface area contributed by atoms with Gasteiger partial charge in [-0.3, -0.25) is 4.99 Å². The molecule has 2 N–H and O–H groups in total. The number of aliphatic imine (C=N–C) groups is 1. The van der Waals surface area contributed by atoms with Crippen LogP contribution in [0.15, 0.2) is 29.3 Å². The number of nitrogens with one attached hydrogen (secondary N) is 2. The van der Waals surface area contributed by atoms with Crippen molar-refractivity contribution in [1.82, 2.24) is 10.6 Å². The van der Waals surface area contributed by atoms with Gasteiger partial charge in [-0.1, -0.05) is 26.0 Å². The lowest BCUT2D eigenvalue weighted by molar-refractivity contribution is 0.612. The largest absolute Gasteiger partial charge is 0.356 e. The van der Waals surface area contributed by atoms with Crippen molar-refractivity contribution in [3.05, 3.63) is 35.6 Å². The first-order valence-corrected chi connectivity index (χ1v) is 5.80. The van der Waals surface area contributed by atoms with Crippen LogP contribution in [-0.2, 0) is 6.54 Å². The van der Waals surface area contributed by atoms with Crippen molar-refractivity contribution in [3.8, 4) is 0 Å². The van der Waals surface area contributed by atoms with Crippen molar-refractivity contribution in [1.29, 1.82) is 0 Å². The summed E-state index contributed by atoms with van der Waals surface area (Å²) in [6, 6.07) is 6.54. The van der Waals surface area contributed by atoms with Crippen LogP contribution in [0.25, 0.3) is 0 Å². The molecular weight excluding hydrogens is 217 g/mol. The summed E-state index contributed by atoms with van der Waals surface area (Å²) in [4.78, 5) is 4.10. The molecule has 0 saturated carbocycles. The number of benzene rings is 1. The number of nitrogens with zero attached hydrogens (tertiary/aromatic N) is 1. The lowest BCUT2D eigenvalue weighted by Gasteiger charge is -2.13. The molecular formula is C13H20FN3. The summed E-state index contributed by atoms with van der Waals surface area (Å²) in [6.07, 6.45) is 0. The molecule has 0 aliphatic heterocycles. The molecule has 0 unspecified atom stereocenters. The van der Waals surface area contributed by atoms with Crippen molar-refractivity contribution in [2.45, 2.75) is 20.4 Å². The lowest BCUT2D eigenvalue weighted by atomic mass is 10.2. The fraction of sp³-hybridized carbons (Fsp3) is 0.462. The Bertz CT molecular complexity index is 375. The second kappa shape index (κ2) is 6.89. The molecule has 1 aromatic carbocycles. The highest BCUT2D eigenvalue weighted by molar-refractivity contribution is 5.79. The van der Waals surface area contributed by atoms with Crippen LogP contribution in [0.3, 0.4) is 0 Å². The van der Waals surface area contributed by atoms with Crippen LogP contribution in [0.5, 0.6) is 0 Å². The Kier molecular flexibility index (Phi) is 5.46. The van der Waals surface area contributed by atoms with Gasteiger partial charge in [-0.2, -0.15) is 0 Å². The van der Waals surface area contributed by atoms with E-state index in [1.54, 1.807) is 13.1 Å². The molecule has 4 heteroatoms. The molecule has 0 aliphatic carbocycles. The first-order valence-electron chi connectivity index (χ1n) is 5.80. The molecule has 94 valence electrons. The van der Waals surface area contributed by atoms with Crippen LogP contribution in [-0.4, -0.2) is 19.6 Å². The third-order valence-corrected chi connectivity index (χ3v) is 2.25. The maximum absolute atomic E-state index is 13.0. The van der Waals surface area contributed by atoms with E-state index in [4.69, 9.17) is 0 Å². The Morgan fingerprint density at radius 2 is 2.12 bits per heavy atom. The van der Waals surface area contributed by atoms with Gasteiger partial charge >= 0.3 is 0 Å². The van der Waals surface area contributed by atoms with E-state index in [1.807, 2.05) is 6.07 Å². The summed E-state index contributed by atoms with van der Waals surface area (Å²) >= 11 is 0. The normalized spacial score (nSPS) is 11.7. The Labute approximate surface area is 102 Å². The summed E-state index contributed by atoms with van der Waals surface area (Å²) in [7, 11) is 1.72. The predicted molar refractivity (Wildman–Crippen MR) is 69.4 cm³/mol. The van der Waals surface area contributed by atoms with Crippen molar-refractivity contribution in [2.24, 2.45) is 10.9 Å². The van der Waals surface area contributed by atoms with E-state index in [2.05, 4.69) is 29.5 Å². The Morgan fingerprint density at radius 1 is 1.35 bits per heavy atom. The zero-order valence-corrected chi connectivity index (χ0v) is 10.6. The summed E-state index contributed by atoms with van der Waals surface area (Å²) in [5, 5.41) is 6.34. The van der Waals surface area contributed by atoms with Gasteiger partial charge in [0.05, 0.1) is 0 Å². The smallest absolute Gasteiger partial charge is 0.191 e. The van der Waals surface area contributed by atoms with E-state index in [0.29, 0.717) is 12.5 Å². The highest BCUT2D eigenvalue weighted by atomic mass is 19.1. The summed E-state index contributed by atoms with van der Waals surface area (Å²) in [5.41, 5.74) is 0.900. The van der Waals surface area contributed by atoms with Gasteiger partial charge in [-0.15, -0.1) is 0 Å². The molecule has 0 aromatic heterocycles. The first kappa shape index (κ1) is 13.5. The van der Waals surface area contributed by atoms with Crippen LogP contribution in [0.1, 0.15) is 19.4 Å². The van der Waals surface area contributed by atoms with Gasteiger partial charge in [0.15, 0.2) is 5.96 Å². The molecule has 0 spiro atoms. The first-order chi connectivity index (χ1) is 8.11. The minimum absolute atomic E-state index is 0.213. The number of rotatable bonds is 4. The zero-order chi connectivity index (χ0) is 12.7. The fourth-order valence-corrected chi connectivity index (χ4v) is 1.35. The Balaban J connectivity index is 2.43. The summed E-state index contributed by atoms with van der Waals surface area (Å²) in [6.45, 7) is 5.69. The van der Waals surface area contributed by atoms with Crippen LogP contribution in [0.4, 0.5) is 4.39 Å². The molecule has 3 nitrogen and oxygen atoms in total. The van der Waals surface area contributed by atoms with E-state index in [0.717, 1.165) is 18.1 Å². The molecule has 17 heavy (non-hydrogen) atoms. The number of halogens is 1. The third-order valence-electron chi connectivity index (χ3n) is 2.25. The van der Waals surface area contributed by atoms with E-state index >= 15 is 0 Å². The van der Waals surface area contributed by atoms with Crippen molar-refractivity contribution in [2.75, 3.05) is 13.6 Å². The minimum atomic E-state index is -0.213. The van der Waals surface area contributed by atoms with Gasteiger partial charge in [-0.05, 0) is 23.6 Å². The molecule has 0 saturated heterocycles. The molecule has 0 amide bonds. The monoisotopic (exact) mass is 237 g/mol. The van der Waals surface area contributed by atoms with E-state index in [9.17, 15) is 4.39 Å². The molecule has 0 heterocycles. The fourth-order valence-electron chi connectivity index (χ4n) is 1.35. The van der Waals surface area contributed by atoms with E-state index < -0.39 is 0 Å². The molecule has 1 rings (SSSR count). The molecule has 1 aromatic rings. The van der Waals surface area contributed by atoms with Gasteiger partial charge in [0.1, 0.15) is 5.82 Å². The zero-order valence-electron chi connectivity index (χ0n) is 10.6.